The summed E-state index contributed by atoms with van der Waals surface area (Å²) < 4.78 is 32.4. The molecule has 0 aliphatic carbocycles. The van der Waals surface area contributed by atoms with Crippen molar-refractivity contribution in [2.24, 2.45) is 0 Å². The molecule has 8 heteroatoms. The van der Waals surface area contributed by atoms with Gasteiger partial charge in [-0.1, -0.05) is 56.6 Å². The second-order valence-corrected chi connectivity index (χ2v) is 11.1. The Morgan fingerprint density at radius 1 is 1.10 bits per heavy atom. The third-order valence-electron chi connectivity index (χ3n) is 5.41. The number of sulfonamides is 1. The smallest absolute Gasteiger partial charge is 0.253 e. The molecular formula is C23H29ClN2O4S. The fourth-order valence-corrected chi connectivity index (χ4v) is 5.04. The normalized spacial score (nSPS) is 16.7. The molecule has 0 unspecified atom stereocenters. The number of carbonyl (C=O) groups is 1. The fraction of sp³-hybridized carbons (Fsp3) is 0.435. The maximum Gasteiger partial charge on any atom is 0.253 e. The summed E-state index contributed by atoms with van der Waals surface area (Å²) in [5, 5.41) is 3.12. The summed E-state index contributed by atoms with van der Waals surface area (Å²) >= 11 is 6.24. The van der Waals surface area contributed by atoms with Gasteiger partial charge in [0.2, 0.25) is 10.0 Å². The molecule has 1 atom stereocenters. The third-order valence-corrected chi connectivity index (χ3v) is 7.64. The van der Waals surface area contributed by atoms with E-state index in [1.165, 1.54) is 28.1 Å². The molecule has 0 spiro atoms. The van der Waals surface area contributed by atoms with Crippen LogP contribution in [-0.2, 0) is 20.2 Å². The monoisotopic (exact) mass is 464 g/mol. The van der Waals surface area contributed by atoms with Crippen molar-refractivity contribution in [1.82, 2.24) is 9.62 Å². The summed E-state index contributed by atoms with van der Waals surface area (Å²) in [5.74, 6) is -0.420. The summed E-state index contributed by atoms with van der Waals surface area (Å²) in [6.45, 7) is 9.60. The van der Waals surface area contributed by atoms with E-state index in [4.69, 9.17) is 16.3 Å². The molecule has 6 nitrogen and oxygen atoms in total. The number of morpholine rings is 1. The number of nitrogens with one attached hydrogen (secondary N) is 1. The zero-order chi connectivity index (χ0) is 22.8. The highest BCUT2D eigenvalue weighted by Gasteiger charge is 2.28. The fourth-order valence-electron chi connectivity index (χ4n) is 3.40. The summed E-state index contributed by atoms with van der Waals surface area (Å²) in [6.07, 6.45) is 0. The molecule has 0 radical (unpaired) electrons. The van der Waals surface area contributed by atoms with E-state index < -0.39 is 15.9 Å². The second kappa shape index (κ2) is 9.28. The van der Waals surface area contributed by atoms with E-state index in [0.717, 1.165) is 5.56 Å². The lowest BCUT2D eigenvalue weighted by atomic mass is 9.86. The van der Waals surface area contributed by atoms with Gasteiger partial charge in [-0.2, -0.15) is 4.31 Å². The predicted molar refractivity (Wildman–Crippen MR) is 122 cm³/mol. The van der Waals surface area contributed by atoms with Gasteiger partial charge in [0.15, 0.2) is 0 Å². The Balaban J connectivity index is 1.79. The molecular weight excluding hydrogens is 436 g/mol. The minimum Gasteiger partial charge on any atom is -0.379 e. The first-order valence-corrected chi connectivity index (χ1v) is 12.1. The van der Waals surface area contributed by atoms with Crippen LogP contribution in [-0.4, -0.2) is 44.9 Å². The number of ether oxygens (including phenoxy) is 1. The third kappa shape index (κ3) is 5.47. The first-order chi connectivity index (χ1) is 14.5. The standard InChI is InChI=1S/C23H29ClN2O4S/c1-16(17-5-7-18(8-6-17)23(2,3)4)25-22(27)20-15-19(9-10-21(20)24)31(28,29)26-11-13-30-14-12-26/h5-10,15-16H,11-14H2,1-4H3,(H,25,27)/t16-/m0/s1. The van der Waals surface area contributed by atoms with Gasteiger partial charge in [0.1, 0.15) is 0 Å². The molecule has 0 saturated carbocycles. The number of carbonyl (C=O) groups excluding carboxylic acids is 1. The van der Waals surface area contributed by atoms with E-state index in [1.54, 1.807) is 0 Å². The Morgan fingerprint density at radius 2 is 1.71 bits per heavy atom. The number of hydrogen-bond donors (Lipinski definition) is 1. The Labute approximate surface area is 189 Å². The maximum atomic E-state index is 12.9. The van der Waals surface area contributed by atoms with Crippen molar-refractivity contribution >= 4 is 27.5 Å². The molecule has 1 fully saturated rings. The van der Waals surface area contributed by atoms with E-state index >= 15 is 0 Å². The average Bonchev–Trinajstić information content (AvgIpc) is 2.74. The van der Waals surface area contributed by atoms with Crippen LogP contribution in [0.25, 0.3) is 0 Å². The van der Waals surface area contributed by atoms with Crippen molar-refractivity contribution < 1.29 is 17.9 Å². The summed E-state index contributed by atoms with van der Waals surface area (Å²) in [7, 11) is -3.72. The Bertz CT molecular complexity index is 1040. The van der Waals surface area contributed by atoms with Crippen LogP contribution < -0.4 is 5.32 Å². The van der Waals surface area contributed by atoms with Crippen LogP contribution in [0.4, 0.5) is 0 Å². The Hall–Kier alpha value is -1.93. The number of rotatable bonds is 5. The van der Waals surface area contributed by atoms with Crippen LogP contribution in [0.3, 0.4) is 0 Å². The zero-order valence-corrected chi connectivity index (χ0v) is 19.9. The molecule has 31 heavy (non-hydrogen) atoms. The van der Waals surface area contributed by atoms with Crippen LogP contribution in [0, 0.1) is 0 Å². The highest BCUT2D eigenvalue weighted by atomic mass is 35.5. The maximum absolute atomic E-state index is 12.9. The van der Waals surface area contributed by atoms with Gasteiger partial charge >= 0.3 is 0 Å². The molecule has 168 valence electrons. The van der Waals surface area contributed by atoms with Gasteiger partial charge in [0.05, 0.1) is 34.7 Å². The molecule has 0 bridgehead atoms. The molecule has 1 saturated heterocycles. The Morgan fingerprint density at radius 3 is 2.29 bits per heavy atom. The number of hydrogen-bond acceptors (Lipinski definition) is 4. The van der Waals surface area contributed by atoms with E-state index in [1.807, 2.05) is 19.1 Å². The van der Waals surface area contributed by atoms with E-state index in [2.05, 4.69) is 38.2 Å². The predicted octanol–water partition coefficient (Wildman–Crippen LogP) is 4.15. The topological polar surface area (TPSA) is 75.7 Å². The van der Waals surface area contributed by atoms with Crippen LogP contribution >= 0.6 is 11.6 Å². The molecule has 1 heterocycles. The molecule has 1 amide bonds. The van der Waals surface area contributed by atoms with Gasteiger partial charge in [-0.25, -0.2) is 8.42 Å². The first-order valence-electron chi connectivity index (χ1n) is 10.3. The van der Waals surface area contributed by atoms with Gasteiger partial charge in [0, 0.05) is 13.1 Å². The van der Waals surface area contributed by atoms with Gasteiger partial charge in [-0.15, -0.1) is 0 Å². The minimum atomic E-state index is -3.72. The first kappa shape index (κ1) is 23.7. The van der Waals surface area contributed by atoms with Crippen molar-refractivity contribution in [3.05, 3.63) is 64.2 Å². The highest BCUT2D eigenvalue weighted by molar-refractivity contribution is 7.89. The van der Waals surface area contributed by atoms with Crippen molar-refractivity contribution in [2.75, 3.05) is 26.3 Å². The highest BCUT2D eigenvalue weighted by Crippen LogP contribution is 2.26. The lowest BCUT2D eigenvalue weighted by Crippen LogP contribution is -2.40. The number of amides is 1. The van der Waals surface area contributed by atoms with E-state index in [-0.39, 0.29) is 40.0 Å². The average molecular weight is 465 g/mol. The van der Waals surface area contributed by atoms with Gasteiger partial charge in [0.25, 0.3) is 5.91 Å². The zero-order valence-electron chi connectivity index (χ0n) is 18.3. The largest absolute Gasteiger partial charge is 0.379 e. The Kier molecular flexibility index (Phi) is 7.11. The summed E-state index contributed by atoms with van der Waals surface area (Å²) in [5.41, 5.74) is 2.34. The quantitative estimate of drug-likeness (QED) is 0.721. The lowest BCUT2D eigenvalue weighted by Gasteiger charge is -2.26. The van der Waals surface area contributed by atoms with Crippen LogP contribution in [0.2, 0.25) is 5.02 Å². The molecule has 2 aromatic carbocycles. The number of benzene rings is 2. The van der Waals surface area contributed by atoms with E-state index in [9.17, 15) is 13.2 Å². The molecule has 0 aromatic heterocycles. The van der Waals surface area contributed by atoms with Crippen LogP contribution in [0.5, 0.6) is 0 Å². The molecule has 1 aliphatic rings. The molecule has 1 aliphatic heterocycles. The SMILES string of the molecule is C[C@H](NC(=O)c1cc(S(=O)(=O)N2CCOCC2)ccc1Cl)c1ccc(C(C)(C)C)cc1. The lowest BCUT2D eigenvalue weighted by molar-refractivity contribution is 0.0730. The van der Waals surface area contributed by atoms with Gasteiger partial charge in [-0.3, -0.25) is 4.79 Å². The minimum absolute atomic E-state index is 0.0466. The van der Waals surface area contributed by atoms with Crippen molar-refractivity contribution in [3.63, 3.8) is 0 Å². The van der Waals surface area contributed by atoms with E-state index in [0.29, 0.717) is 13.2 Å². The number of halogens is 1. The summed E-state index contributed by atoms with van der Waals surface area (Å²) in [4.78, 5) is 13.0. The molecule has 3 rings (SSSR count). The second-order valence-electron chi connectivity index (χ2n) is 8.73. The van der Waals surface area contributed by atoms with Crippen molar-refractivity contribution in [3.8, 4) is 0 Å². The van der Waals surface area contributed by atoms with Crippen LogP contribution in [0.15, 0.2) is 47.4 Å². The molecule has 2 aromatic rings. The molecule has 1 N–H and O–H groups in total. The number of nitrogens with zero attached hydrogens (tertiary/aromatic N) is 1. The summed E-state index contributed by atoms with van der Waals surface area (Å²) in [6, 6.07) is 12.1. The van der Waals surface area contributed by atoms with Crippen molar-refractivity contribution in [2.45, 2.75) is 44.0 Å². The van der Waals surface area contributed by atoms with Gasteiger partial charge in [-0.05, 0) is 41.7 Å². The van der Waals surface area contributed by atoms with Crippen molar-refractivity contribution in [1.29, 1.82) is 0 Å². The van der Waals surface area contributed by atoms with Crippen LogP contribution in [0.1, 0.15) is 55.2 Å². The van der Waals surface area contributed by atoms with Gasteiger partial charge < -0.3 is 10.1 Å².